The second-order valence-corrected chi connectivity index (χ2v) is 8.54. The normalized spacial score (nSPS) is 51.3. The molecule has 16 heteroatoms. The summed E-state index contributed by atoms with van der Waals surface area (Å²) in [5.74, 6) is 0. The maximum Gasteiger partial charge on any atom is 0.187 e. The van der Waals surface area contributed by atoms with E-state index in [1.165, 1.54) is 7.11 Å². The topological polar surface area (TPSA) is 258 Å². The molecule has 0 bridgehead atoms. The SMILES string of the molecule is CO[C@H]1[C@H](O)[C@H](O[C@@H]2O[C@H](CO)[C@@H](O)[C@H](O)[C@@H]2O[C@@H]2O[C@H](CO)[C@@H](O)[C@H](O)[C@@H]2O)[C@H](O)O[C@@H]1CO. The third kappa shape index (κ3) is 5.78. The minimum atomic E-state index is -1.87. The van der Waals surface area contributed by atoms with E-state index in [2.05, 4.69) is 0 Å². The van der Waals surface area contributed by atoms with Crippen LogP contribution < -0.4 is 0 Å². The molecule has 3 rings (SSSR count). The van der Waals surface area contributed by atoms with E-state index in [0.29, 0.717) is 0 Å². The molecule has 10 N–H and O–H groups in total. The number of aliphatic hydroxyl groups is 10. The van der Waals surface area contributed by atoms with Crippen LogP contribution in [0.1, 0.15) is 0 Å². The molecule has 3 fully saturated rings. The zero-order valence-electron chi connectivity index (χ0n) is 18.7. The first-order valence-corrected chi connectivity index (χ1v) is 11.0. The van der Waals surface area contributed by atoms with Crippen LogP contribution in [0.15, 0.2) is 0 Å². The monoisotopic (exact) mass is 518 g/mol. The Hall–Kier alpha value is -0.640. The molecule has 0 unspecified atom stereocenters. The molecule has 3 saturated heterocycles. The summed E-state index contributed by atoms with van der Waals surface area (Å²) in [4.78, 5) is 0. The highest BCUT2D eigenvalue weighted by atomic mass is 16.8. The molecule has 3 heterocycles. The summed E-state index contributed by atoms with van der Waals surface area (Å²) < 4.78 is 32.2. The van der Waals surface area contributed by atoms with Crippen molar-refractivity contribution < 1.29 is 79.5 Å². The van der Waals surface area contributed by atoms with E-state index in [-0.39, 0.29) is 0 Å². The highest BCUT2D eigenvalue weighted by Crippen LogP contribution is 2.32. The van der Waals surface area contributed by atoms with Crippen LogP contribution in [0.25, 0.3) is 0 Å². The van der Waals surface area contributed by atoms with E-state index in [1.54, 1.807) is 0 Å². The van der Waals surface area contributed by atoms with Crippen LogP contribution in [0.2, 0.25) is 0 Å². The van der Waals surface area contributed by atoms with Gasteiger partial charge in [0.1, 0.15) is 73.2 Å². The summed E-state index contributed by atoms with van der Waals surface area (Å²) in [5.41, 5.74) is 0. The van der Waals surface area contributed by atoms with Gasteiger partial charge in [0.2, 0.25) is 0 Å². The summed E-state index contributed by atoms with van der Waals surface area (Å²) in [6, 6.07) is 0. The van der Waals surface area contributed by atoms with Gasteiger partial charge in [-0.3, -0.25) is 0 Å². The van der Waals surface area contributed by atoms with Crippen LogP contribution in [0.4, 0.5) is 0 Å². The third-order valence-electron chi connectivity index (χ3n) is 6.34. The zero-order chi connectivity index (χ0) is 26.0. The van der Waals surface area contributed by atoms with Crippen molar-refractivity contribution in [2.45, 2.75) is 92.1 Å². The zero-order valence-corrected chi connectivity index (χ0v) is 18.7. The van der Waals surface area contributed by atoms with E-state index in [1.807, 2.05) is 0 Å². The minimum absolute atomic E-state index is 0.598. The van der Waals surface area contributed by atoms with Gasteiger partial charge < -0.3 is 79.5 Å². The van der Waals surface area contributed by atoms with Crippen molar-refractivity contribution in [3.8, 4) is 0 Å². The maximum absolute atomic E-state index is 10.6. The van der Waals surface area contributed by atoms with Gasteiger partial charge in [-0.2, -0.15) is 0 Å². The van der Waals surface area contributed by atoms with E-state index < -0.39 is 112 Å². The lowest BCUT2D eigenvalue weighted by Crippen LogP contribution is -2.67. The van der Waals surface area contributed by atoms with E-state index in [0.717, 1.165) is 0 Å². The number of rotatable bonds is 8. The minimum Gasteiger partial charge on any atom is -0.394 e. The number of ether oxygens (including phenoxy) is 6. The predicted molar refractivity (Wildman–Crippen MR) is 106 cm³/mol. The van der Waals surface area contributed by atoms with Gasteiger partial charge in [0, 0.05) is 7.11 Å². The van der Waals surface area contributed by atoms with Gasteiger partial charge in [-0.25, -0.2) is 0 Å². The number of hydrogen-bond donors (Lipinski definition) is 10. The molecule has 3 aliphatic heterocycles. The van der Waals surface area contributed by atoms with E-state index >= 15 is 0 Å². The molecule has 0 aromatic rings. The third-order valence-corrected chi connectivity index (χ3v) is 6.34. The van der Waals surface area contributed by atoms with Gasteiger partial charge in [0.25, 0.3) is 0 Å². The van der Waals surface area contributed by atoms with Crippen molar-refractivity contribution in [2.75, 3.05) is 26.9 Å². The van der Waals surface area contributed by atoms with Crippen LogP contribution in [0.5, 0.6) is 0 Å². The summed E-state index contributed by atoms with van der Waals surface area (Å²) in [7, 11) is 1.22. The number of aliphatic hydroxyl groups excluding tert-OH is 10. The summed E-state index contributed by atoms with van der Waals surface area (Å²) >= 11 is 0. The molecular formula is C19H34O16. The lowest BCUT2D eigenvalue weighted by atomic mass is 9.96. The van der Waals surface area contributed by atoms with Crippen molar-refractivity contribution in [1.82, 2.24) is 0 Å². The molecule has 0 saturated carbocycles. The first-order valence-electron chi connectivity index (χ1n) is 11.0. The smallest absolute Gasteiger partial charge is 0.187 e. The lowest BCUT2D eigenvalue weighted by Gasteiger charge is -2.48. The second kappa shape index (κ2) is 12.3. The van der Waals surface area contributed by atoms with Crippen LogP contribution in [-0.2, 0) is 28.4 Å². The van der Waals surface area contributed by atoms with Gasteiger partial charge in [0.05, 0.1) is 19.8 Å². The fourth-order valence-electron chi connectivity index (χ4n) is 4.30. The highest BCUT2D eigenvalue weighted by Gasteiger charge is 2.53. The molecule has 35 heavy (non-hydrogen) atoms. The predicted octanol–water partition coefficient (Wildman–Crippen LogP) is -6.92. The van der Waals surface area contributed by atoms with E-state index in [4.69, 9.17) is 28.4 Å². The molecule has 16 nitrogen and oxygen atoms in total. The second-order valence-electron chi connectivity index (χ2n) is 8.54. The van der Waals surface area contributed by atoms with Crippen molar-refractivity contribution in [2.24, 2.45) is 0 Å². The maximum atomic E-state index is 10.6. The van der Waals surface area contributed by atoms with Crippen LogP contribution in [0, 0.1) is 0 Å². The van der Waals surface area contributed by atoms with Gasteiger partial charge in [-0.1, -0.05) is 0 Å². The Labute approximate surface area is 199 Å². The first kappa shape index (κ1) is 28.9. The van der Waals surface area contributed by atoms with Crippen LogP contribution in [0.3, 0.4) is 0 Å². The molecule has 3 aliphatic rings. The average molecular weight is 518 g/mol. The molecule has 0 amide bonds. The molecule has 206 valence electrons. The van der Waals surface area contributed by atoms with Crippen LogP contribution >= 0.6 is 0 Å². The quantitative estimate of drug-likeness (QED) is 0.143. The van der Waals surface area contributed by atoms with Crippen molar-refractivity contribution in [1.29, 1.82) is 0 Å². The molecule has 0 radical (unpaired) electrons. The Balaban J connectivity index is 1.83. The molecular weight excluding hydrogens is 484 g/mol. The van der Waals surface area contributed by atoms with Crippen molar-refractivity contribution >= 4 is 0 Å². The Kier molecular flexibility index (Phi) is 10.1. The molecule has 15 atom stereocenters. The standard InChI is InChI=1S/C19H34O16/c1-30-14-7(4-22)31-17(29)15(13(14)28)34-19-16(11(26)9(24)6(3-21)33-19)35-18-12(27)10(25)8(23)5(2-20)32-18/h5-29H,2-4H2,1H3/t5-,6-,7-,8-,9-,10+,11+,12+,13+,14-,15+,16+,17-,18+,19+/m1/s1. The molecule has 0 aliphatic carbocycles. The Morgan fingerprint density at radius 2 is 1.03 bits per heavy atom. The summed E-state index contributed by atoms with van der Waals surface area (Å²) in [6.45, 7) is -2.13. The Bertz CT molecular complexity index is 654. The van der Waals surface area contributed by atoms with E-state index in [9.17, 15) is 51.1 Å². The van der Waals surface area contributed by atoms with Crippen molar-refractivity contribution in [3.63, 3.8) is 0 Å². The molecule has 0 aromatic heterocycles. The average Bonchev–Trinajstić information content (AvgIpc) is 2.85. The fourth-order valence-corrected chi connectivity index (χ4v) is 4.30. The largest absolute Gasteiger partial charge is 0.394 e. The fraction of sp³-hybridized carbons (Fsp3) is 1.00. The van der Waals surface area contributed by atoms with Gasteiger partial charge >= 0.3 is 0 Å². The highest BCUT2D eigenvalue weighted by molar-refractivity contribution is 4.96. The van der Waals surface area contributed by atoms with Gasteiger partial charge in [0.15, 0.2) is 18.9 Å². The summed E-state index contributed by atoms with van der Waals surface area (Å²) in [6.07, 6.45) is -24.2. The van der Waals surface area contributed by atoms with Crippen molar-refractivity contribution in [3.05, 3.63) is 0 Å². The van der Waals surface area contributed by atoms with Gasteiger partial charge in [-0.05, 0) is 0 Å². The molecule has 0 spiro atoms. The number of hydrogen-bond acceptors (Lipinski definition) is 16. The number of methoxy groups -OCH3 is 1. The summed E-state index contributed by atoms with van der Waals surface area (Å²) in [5, 5.41) is 100. The van der Waals surface area contributed by atoms with Crippen LogP contribution in [-0.4, -0.2) is 170 Å². The van der Waals surface area contributed by atoms with Gasteiger partial charge in [-0.15, -0.1) is 0 Å². The Morgan fingerprint density at radius 3 is 1.57 bits per heavy atom. The first-order chi connectivity index (χ1) is 16.6. The lowest BCUT2D eigenvalue weighted by molar-refractivity contribution is -0.391. The Morgan fingerprint density at radius 1 is 0.514 bits per heavy atom. The molecule has 0 aromatic carbocycles.